The Morgan fingerprint density at radius 1 is 0.774 bits per heavy atom. The van der Waals surface area contributed by atoms with Gasteiger partial charge in [0.25, 0.3) is 5.91 Å². The molecular formula is C41H52N6O6. The number of carbonyl (C=O) groups is 1. The molecule has 2 aromatic heterocycles. The molecule has 0 atom stereocenters. The predicted octanol–water partition coefficient (Wildman–Crippen LogP) is 6.76. The molecule has 0 saturated carbocycles. The summed E-state index contributed by atoms with van der Waals surface area (Å²) in [6, 6.07) is 15.7. The normalized spacial score (nSPS) is 15.7. The van der Waals surface area contributed by atoms with Crippen molar-refractivity contribution in [3.63, 3.8) is 0 Å². The van der Waals surface area contributed by atoms with E-state index in [-0.39, 0.29) is 11.6 Å². The molecule has 2 N–H and O–H groups in total. The summed E-state index contributed by atoms with van der Waals surface area (Å²) in [6.07, 6.45) is 7.97. The van der Waals surface area contributed by atoms with Crippen LogP contribution in [-0.2, 0) is 33.9 Å². The van der Waals surface area contributed by atoms with Gasteiger partial charge in [0.15, 0.2) is 0 Å². The number of carbonyl (C=O) groups excluding carboxylic acids is 1. The number of aromatic nitrogens is 2. The van der Waals surface area contributed by atoms with Gasteiger partial charge in [0.1, 0.15) is 23.9 Å². The van der Waals surface area contributed by atoms with E-state index in [2.05, 4.69) is 49.5 Å². The zero-order valence-electron chi connectivity index (χ0n) is 31.4. The van der Waals surface area contributed by atoms with Crippen LogP contribution in [0.3, 0.4) is 0 Å². The van der Waals surface area contributed by atoms with Gasteiger partial charge in [-0.15, -0.1) is 0 Å². The van der Waals surface area contributed by atoms with Crippen molar-refractivity contribution in [3.05, 3.63) is 94.6 Å². The van der Waals surface area contributed by atoms with Crippen LogP contribution in [0.1, 0.15) is 64.1 Å². The number of hydrogen-bond donors (Lipinski definition) is 2. The molecule has 0 radical (unpaired) electrons. The number of hydrogen-bond acceptors (Lipinski definition) is 11. The monoisotopic (exact) mass is 724 g/mol. The quantitative estimate of drug-likeness (QED) is 0.106. The first kappa shape index (κ1) is 38.1. The number of ether oxygens (including phenoxy) is 5. The van der Waals surface area contributed by atoms with Gasteiger partial charge < -0.3 is 34.3 Å². The van der Waals surface area contributed by atoms with Gasteiger partial charge in [0.2, 0.25) is 0 Å². The first-order valence-electron chi connectivity index (χ1n) is 18.4. The highest BCUT2D eigenvalue weighted by atomic mass is 16.5. The molecule has 4 aromatic rings. The first-order valence-corrected chi connectivity index (χ1v) is 18.4. The number of anilines is 2. The van der Waals surface area contributed by atoms with Gasteiger partial charge in [-0.25, -0.2) is 0 Å². The Hall–Kier alpha value is -4.59. The molecular weight excluding hydrogens is 672 g/mol. The van der Waals surface area contributed by atoms with Crippen LogP contribution in [0.4, 0.5) is 11.4 Å². The number of benzene rings is 2. The van der Waals surface area contributed by atoms with Gasteiger partial charge >= 0.3 is 0 Å². The van der Waals surface area contributed by atoms with Crippen molar-refractivity contribution in [1.29, 1.82) is 0 Å². The van der Waals surface area contributed by atoms with Crippen molar-refractivity contribution in [1.82, 2.24) is 19.8 Å². The summed E-state index contributed by atoms with van der Waals surface area (Å²) in [5.41, 5.74) is 8.82. The molecule has 12 nitrogen and oxygen atoms in total. The van der Waals surface area contributed by atoms with E-state index >= 15 is 0 Å². The van der Waals surface area contributed by atoms with Crippen LogP contribution in [0.5, 0.6) is 11.5 Å². The Morgan fingerprint density at radius 3 is 2.00 bits per heavy atom. The zero-order chi connectivity index (χ0) is 37.0. The van der Waals surface area contributed by atoms with Crippen LogP contribution in [0.15, 0.2) is 60.9 Å². The van der Waals surface area contributed by atoms with Gasteiger partial charge in [-0.1, -0.05) is 24.3 Å². The lowest BCUT2D eigenvalue weighted by molar-refractivity contribution is 0.0451. The number of methoxy groups -OCH3 is 2. The fourth-order valence-electron chi connectivity index (χ4n) is 6.77. The Bertz CT molecular complexity index is 1820. The Morgan fingerprint density at radius 2 is 1.36 bits per heavy atom. The molecule has 2 aromatic carbocycles. The second kappa shape index (κ2) is 18.9. The third-order valence-corrected chi connectivity index (χ3v) is 9.80. The number of amides is 1. The number of nitrogens with zero attached hydrogens (tertiary/aromatic N) is 4. The van der Waals surface area contributed by atoms with Crippen molar-refractivity contribution in [2.24, 2.45) is 0 Å². The molecule has 2 aliphatic heterocycles. The average Bonchev–Trinajstić information content (AvgIpc) is 3.61. The molecule has 0 unspecified atom stereocenters. The van der Waals surface area contributed by atoms with Gasteiger partial charge in [-0.2, -0.15) is 0 Å². The Balaban J connectivity index is 1.06. The zero-order valence-corrected chi connectivity index (χ0v) is 31.4. The van der Waals surface area contributed by atoms with Gasteiger partial charge in [-0.3, -0.25) is 24.6 Å². The highest BCUT2D eigenvalue weighted by Crippen LogP contribution is 2.34. The molecule has 2 aliphatic rings. The van der Waals surface area contributed by atoms with Crippen molar-refractivity contribution in [2.75, 3.05) is 71.3 Å². The smallest absolute Gasteiger partial charge is 0.274 e. The molecule has 0 aliphatic carbocycles. The third-order valence-electron chi connectivity index (χ3n) is 9.80. The van der Waals surface area contributed by atoms with E-state index in [1.165, 1.54) is 0 Å². The fraction of sp³-hybridized carbons (Fsp3) is 0.439. The van der Waals surface area contributed by atoms with Crippen molar-refractivity contribution < 1.29 is 28.5 Å². The number of rotatable bonds is 14. The molecule has 4 heterocycles. The van der Waals surface area contributed by atoms with Crippen LogP contribution >= 0.6 is 0 Å². The lowest BCUT2D eigenvalue weighted by Gasteiger charge is -2.20. The SMILES string of the molecule is COc1cc(COCNc2cccc(-c3cccc(NC(=O)c4cc(OC)c(CN5CCCCOC5)cn4)c3C)c2C)ncc1CN1CCCCOC1. The van der Waals surface area contributed by atoms with E-state index in [1.807, 2.05) is 43.5 Å². The van der Waals surface area contributed by atoms with Crippen LogP contribution < -0.4 is 20.1 Å². The summed E-state index contributed by atoms with van der Waals surface area (Å²) in [6.45, 7) is 10.9. The van der Waals surface area contributed by atoms with Gasteiger partial charge in [0, 0.05) is 86.4 Å². The van der Waals surface area contributed by atoms with Crippen LogP contribution in [-0.4, -0.2) is 86.4 Å². The minimum Gasteiger partial charge on any atom is -0.496 e. The summed E-state index contributed by atoms with van der Waals surface area (Å²) >= 11 is 0. The maximum Gasteiger partial charge on any atom is 0.274 e. The highest BCUT2D eigenvalue weighted by Gasteiger charge is 2.19. The summed E-state index contributed by atoms with van der Waals surface area (Å²) in [7, 11) is 3.30. The summed E-state index contributed by atoms with van der Waals surface area (Å²) in [5.74, 6) is 1.13. The largest absolute Gasteiger partial charge is 0.496 e. The topological polar surface area (TPSA) is 120 Å². The second-order valence-electron chi connectivity index (χ2n) is 13.5. The molecule has 0 bridgehead atoms. The highest BCUT2D eigenvalue weighted by molar-refractivity contribution is 6.04. The molecule has 2 saturated heterocycles. The van der Waals surface area contributed by atoms with E-state index in [1.54, 1.807) is 26.5 Å². The molecule has 53 heavy (non-hydrogen) atoms. The lowest BCUT2D eigenvalue weighted by atomic mass is 9.94. The van der Waals surface area contributed by atoms with Crippen LogP contribution in [0, 0.1) is 13.8 Å². The van der Waals surface area contributed by atoms with E-state index in [0.29, 0.717) is 44.8 Å². The minimum absolute atomic E-state index is 0.289. The number of pyridine rings is 2. The van der Waals surface area contributed by atoms with E-state index in [9.17, 15) is 4.79 Å². The lowest BCUT2D eigenvalue weighted by Crippen LogP contribution is -2.25. The number of nitrogens with one attached hydrogen (secondary N) is 2. The second-order valence-corrected chi connectivity index (χ2v) is 13.5. The minimum atomic E-state index is -0.300. The first-order chi connectivity index (χ1) is 25.9. The summed E-state index contributed by atoms with van der Waals surface area (Å²) < 4.78 is 28.8. The maximum atomic E-state index is 13.4. The van der Waals surface area contributed by atoms with Crippen LogP contribution in [0.25, 0.3) is 11.1 Å². The molecule has 0 spiro atoms. The average molecular weight is 725 g/mol. The maximum absolute atomic E-state index is 13.4. The molecule has 1 amide bonds. The van der Waals surface area contributed by atoms with Crippen LogP contribution in [0.2, 0.25) is 0 Å². The van der Waals surface area contributed by atoms with Crippen molar-refractivity contribution in [3.8, 4) is 22.6 Å². The molecule has 12 heteroatoms. The van der Waals surface area contributed by atoms with Gasteiger partial charge in [0.05, 0.1) is 40.0 Å². The van der Waals surface area contributed by atoms with E-state index in [4.69, 9.17) is 23.7 Å². The van der Waals surface area contributed by atoms with Crippen molar-refractivity contribution >= 4 is 17.3 Å². The third kappa shape index (κ3) is 10.1. The summed E-state index contributed by atoms with van der Waals surface area (Å²) in [4.78, 5) is 27.1. The Labute approximate surface area is 312 Å². The van der Waals surface area contributed by atoms with E-state index < -0.39 is 0 Å². The molecule has 6 rings (SSSR count). The van der Waals surface area contributed by atoms with Gasteiger partial charge in [-0.05, 0) is 73.9 Å². The Kier molecular flexibility index (Phi) is 13.6. The fourth-order valence-corrected chi connectivity index (χ4v) is 6.77. The molecule has 2 fully saturated rings. The standard InChI is InChI=1S/C41H52N6O6/c1-29-34(11-9-13-36(29)44-26-53-25-33-19-39(49-3)31(21-42-33)23-46-15-5-7-17-51-27-46)35-12-10-14-37(30(35)2)45-41(48)38-20-40(50-4)32(22-43-38)24-47-16-6-8-18-52-28-47/h9-14,19-22,44H,5-8,15-18,23-28H2,1-4H3,(H,45,48). The molecule has 282 valence electrons. The van der Waals surface area contributed by atoms with E-state index in [0.717, 1.165) is 109 Å². The predicted molar refractivity (Wildman–Crippen MR) is 205 cm³/mol. The summed E-state index contributed by atoms with van der Waals surface area (Å²) in [5, 5.41) is 6.50. The van der Waals surface area contributed by atoms with Crippen molar-refractivity contribution in [2.45, 2.75) is 59.2 Å².